The molecule has 0 saturated carbocycles. The predicted octanol–water partition coefficient (Wildman–Crippen LogP) is 2.42. The Balaban J connectivity index is 1.51. The van der Waals surface area contributed by atoms with Crippen LogP contribution in [0.5, 0.6) is 0 Å². The second-order valence-electron chi connectivity index (χ2n) is 8.41. The van der Waals surface area contributed by atoms with Gasteiger partial charge in [0.05, 0.1) is 29.4 Å². The Kier molecular flexibility index (Phi) is 5.29. The highest BCUT2D eigenvalue weighted by Crippen LogP contribution is 2.35. The normalized spacial score (nSPS) is 18.2. The van der Waals surface area contributed by atoms with E-state index in [2.05, 4.69) is 24.9 Å². The molecule has 1 fully saturated rings. The Morgan fingerprint density at radius 3 is 2.82 bits per heavy atom. The van der Waals surface area contributed by atoms with Gasteiger partial charge in [-0.2, -0.15) is 0 Å². The maximum Gasteiger partial charge on any atom is 0.271 e. The number of aromatic nitrogens is 6. The van der Waals surface area contributed by atoms with E-state index in [1.54, 1.807) is 25.7 Å². The standard InChI is InChI=1S/C23H26N8O2/c1-29(2)21-16-9-19(30(3)22(16)27-13-26-21)23(32)31-12-15(33-4)8-18(31)20-25-11-17(28-20)14-6-5-7-24-10-14/h5-7,9-11,13,15,18H,8,12H2,1-4H3,(H,25,28). The van der Waals surface area contributed by atoms with Crippen LogP contribution in [0.1, 0.15) is 28.8 Å². The van der Waals surface area contributed by atoms with Gasteiger partial charge in [-0.3, -0.25) is 9.78 Å². The fraction of sp³-hybridized carbons (Fsp3) is 0.348. The zero-order chi connectivity index (χ0) is 23.1. The number of nitrogens with one attached hydrogen (secondary N) is 1. The van der Waals surface area contributed by atoms with Gasteiger partial charge in [0, 0.05) is 59.2 Å². The number of anilines is 1. The monoisotopic (exact) mass is 446 g/mol. The van der Waals surface area contributed by atoms with Crippen LogP contribution in [0, 0.1) is 0 Å². The van der Waals surface area contributed by atoms with Crippen molar-refractivity contribution in [1.82, 2.24) is 34.4 Å². The van der Waals surface area contributed by atoms with E-state index in [-0.39, 0.29) is 18.1 Å². The summed E-state index contributed by atoms with van der Waals surface area (Å²) in [6.45, 7) is 0.483. The van der Waals surface area contributed by atoms with Crippen molar-refractivity contribution in [3.63, 3.8) is 0 Å². The molecule has 4 aromatic rings. The number of methoxy groups -OCH3 is 1. The van der Waals surface area contributed by atoms with Crippen LogP contribution in [0.3, 0.4) is 0 Å². The number of amides is 1. The van der Waals surface area contributed by atoms with Gasteiger partial charge in [0.1, 0.15) is 29.3 Å². The van der Waals surface area contributed by atoms with Crippen LogP contribution < -0.4 is 4.90 Å². The fourth-order valence-electron chi connectivity index (χ4n) is 4.46. The number of ether oxygens (including phenoxy) is 1. The maximum absolute atomic E-state index is 13.8. The number of aryl methyl sites for hydroxylation is 1. The van der Waals surface area contributed by atoms with E-state index in [1.165, 1.54) is 6.33 Å². The van der Waals surface area contributed by atoms with Gasteiger partial charge in [-0.25, -0.2) is 15.0 Å². The molecule has 5 heterocycles. The summed E-state index contributed by atoms with van der Waals surface area (Å²) in [5.74, 6) is 1.41. The van der Waals surface area contributed by atoms with Crippen LogP contribution in [0.25, 0.3) is 22.3 Å². The number of rotatable bonds is 5. The number of carbonyl (C=O) groups excluding carboxylic acids is 1. The van der Waals surface area contributed by atoms with E-state index < -0.39 is 0 Å². The van der Waals surface area contributed by atoms with Crippen molar-refractivity contribution in [2.45, 2.75) is 18.6 Å². The van der Waals surface area contributed by atoms with E-state index in [1.807, 2.05) is 53.7 Å². The molecule has 0 aliphatic carbocycles. The minimum Gasteiger partial charge on any atom is -0.380 e. The van der Waals surface area contributed by atoms with Crippen molar-refractivity contribution < 1.29 is 9.53 Å². The van der Waals surface area contributed by atoms with Crippen molar-refractivity contribution in [1.29, 1.82) is 0 Å². The average Bonchev–Trinajstić information content (AvgIpc) is 3.56. The van der Waals surface area contributed by atoms with Crippen molar-refractivity contribution in [2.75, 3.05) is 32.6 Å². The number of hydrogen-bond donors (Lipinski definition) is 1. The Morgan fingerprint density at radius 1 is 1.24 bits per heavy atom. The highest BCUT2D eigenvalue weighted by molar-refractivity contribution is 6.01. The van der Waals surface area contributed by atoms with Crippen LogP contribution in [0.2, 0.25) is 0 Å². The van der Waals surface area contributed by atoms with Gasteiger partial charge >= 0.3 is 0 Å². The first-order valence-electron chi connectivity index (χ1n) is 10.7. The van der Waals surface area contributed by atoms with E-state index in [0.29, 0.717) is 24.3 Å². The molecule has 10 nitrogen and oxygen atoms in total. The molecule has 170 valence electrons. The number of H-pyrrole nitrogens is 1. The molecule has 1 aliphatic rings. The fourth-order valence-corrected chi connectivity index (χ4v) is 4.46. The molecule has 1 amide bonds. The van der Waals surface area contributed by atoms with Gasteiger partial charge < -0.3 is 24.1 Å². The first kappa shape index (κ1) is 21.1. The van der Waals surface area contributed by atoms with Crippen LogP contribution in [0.15, 0.2) is 43.1 Å². The van der Waals surface area contributed by atoms with E-state index >= 15 is 0 Å². The zero-order valence-corrected chi connectivity index (χ0v) is 19.1. The molecular weight excluding hydrogens is 420 g/mol. The number of carbonyl (C=O) groups is 1. The van der Waals surface area contributed by atoms with Gasteiger partial charge in [-0.1, -0.05) is 0 Å². The number of aromatic amines is 1. The number of nitrogens with zero attached hydrogens (tertiary/aromatic N) is 7. The molecule has 33 heavy (non-hydrogen) atoms. The second kappa shape index (κ2) is 8.28. The lowest BCUT2D eigenvalue weighted by Crippen LogP contribution is -2.33. The van der Waals surface area contributed by atoms with Crippen molar-refractivity contribution in [3.8, 4) is 11.3 Å². The Hall–Kier alpha value is -3.79. The van der Waals surface area contributed by atoms with Gasteiger partial charge in [0.2, 0.25) is 0 Å². The molecule has 2 atom stereocenters. The molecule has 1 aliphatic heterocycles. The molecular formula is C23H26N8O2. The van der Waals surface area contributed by atoms with Crippen molar-refractivity contribution in [3.05, 3.63) is 54.6 Å². The highest BCUT2D eigenvalue weighted by Gasteiger charge is 2.39. The summed E-state index contributed by atoms with van der Waals surface area (Å²) in [6.07, 6.45) is 7.41. The summed E-state index contributed by atoms with van der Waals surface area (Å²) in [5.41, 5.74) is 3.07. The summed E-state index contributed by atoms with van der Waals surface area (Å²) in [6, 6.07) is 5.49. The van der Waals surface area contributed by atoms with Crippen LogP contribution in [0.4, 0.5) is 5.82 Å². The highest BCUT2D eigenvalue weighted by atomic mass is 16.5. The molecule has 0 bridgehead atoms. The molecule has 5 rings (SSSR count). The minimum absolute atomic E-state index is 0.0716. The molecule has 10 heteroatoms. The topological polar surface area (TPSA) is 105 Å². The third-order valence-corrected chi connectivity index (χ3v) is 6.19. The molecule has 2 unspecified atom stereocenters. The third-order valence-electron chi connectivity index (χ3n) is 6.19. The molecule has 0 radical (unpaired) electrons. The summed E-state index contributed by atoms with van der Waals surface area (Å²) < 4.78 is 7.46. The SMILES string of the molecule is COC1CC(c2ncc(-c3cccnc3)[nH]2)N(C(=O)c2cc3c(N(C)C)ncnc3n2C)C1. The summed E-state index contributed by atoms with van der Waals surface area (Å²) in [5, 5.41) is 0.837. The van der Waals surface area contributed by atoms with Gasteiger partial charge in [0.25, 0.3) is 5.91 Å². The van der Waals surface area contributed by atoms with E-state index in [4.69, 9.17) is 4.74 Å². The summed E-state index contributed by atoms with van der Waals surface area (Å²) in [4.78, 5) is 38.5. The number of hydrogen-bond acceptors (Lipinski definition) is 7. The molecule has 1 saturated heterocycles. The Morgan fingerprint density at radius 2 is 2.09 bits per heavy atom. The number of fused-ring (bicyclic) bond motifs is 1. The lowest BCUT2D eigenvalue weighted by atomic mass is 10.2. The number of pyridine rings is 1. The Labute approximate surface area is 191 Å². The van der Waals surface area contributed by atoms with Gasteiger partial charge in [0.15, 0.2) is 0 Å². The lowest BCUT2D eigenvalue weighted by Gasteiger charge is -2.23. The summed E-state index contributed by atoms with van der Waals surface area (Å²) >= 11 is 0. The largest absolute Gasteiger partial charge is 0.380 e. The predicted molar refractivity (Wildman–Crippen MR) is 124 cm³/mol. The summed E-state index contributed by atoms with van der Waals surface area (Å²) in [7, 11) is 7.38. The smallest absolute Gasteiger partial charge is 0.271 e. The molecule has 0 spiro atoms. The van der Waals surface area contributed by atoms with Crippen LogP contribution in [-0.4, -0.2) is 74.1 Å². The molecule has 1 N–H and O–H groups in total. The first-order valence-corrected chi connectivity index (χ1v) is 10.7. The number of imidazole rings is 1. The average molecular weight is 447 g/mol. The quantitative estimate of drug-likeness (QED) is 0.502. The number of likely N-dealkylation sites (tertiary alicyclic amines) is 1. The van der Waals surface area contributed by atoms with Crippen LogP contribution >= 0.6 is 0 Å². The van der Waals surface area contributed by atoms with Crippen LogP contribution in [-0.2, 0) is 11.8 Å². The zero-order valence-electron chi connectivity index (χ0n) is 19.1. The maximum atomic E-state index is 13.8. The molecule has 0 aromatic carbocycles. The third kappa shape index (κ3) is 3.62. The van der Waals surface area contributed by atoms with Crippen molar-refractivity contribution in [2.24, 2.45) is 7.05 Å². The van der Waals surface area contributed by atoms with Crippen molar-refractivity contribution >= 4 is 22.8 Å². The van der Waals surface area contributed by atoms with E-state index in [0.717, 1.165) is 28.3 Å². The minimum atomic E-state index is -0.231. The van der Waals surface area contributed by atoms with Gasteiger partial charge in [-0.15, -0.1) is 0 Å². The molecule has 4 aromatic heterocycles. The van der Waals surface area contributed by atoms with Gasteiger partial charge in [-0.05, 0) is 18.2 Å². The lowest BCUT2D eigenvalue weighted by molar-refractivity contribution is 0.0676. The second-order valence-corrected chi connectivity index (χ2v) is 8.41. The first-order chi connectivity index (χ1) is 16.0. The van der Waals surface area contributed by atoms with E-state index in [9.17, 15) is 4.79 Å². The Bertz CT molecular complexity index is 1300.